The lowest BCUT2D eigenvalue weighted by Gasteiger charge is -2.24. The summed E-state index contributed by atoms with van der Waals surface area (Å²) in [6.07, 6.45) is 0. The maximum Gasteiger partial charge on any atom is 0.337 e. The van der Waals surface area contributed by atoms with Gasteiger partial charge in [-0.15, -0.1) is 11.3 Å². The summed E-state index contributed by atoms with van der Waals surface area (Å²) in [6, 6.07) is 3.56. The number of esters is 1. The van der Waals surface area contributed by atoms with Crippen LogP contribution in [-0.2, 0) is 20.9 Å². The molecule has 0 radical (unpaired) electrons. The van der Waals surface area contributed by atoms with Crippen molar-refractivity contribution in [2.75, 3.05) is 32.8 Å². The van der Waals surface area contributed by atoms with E-state index >= 15 is 0 Å². The number of rotatable bonds is 9. The molecule has 4 N–H and O–H groups in total. The highest BCUT2D eigenvalue weighted by Gasteiger charge is 2.26. The number of hydrogen-bond donors (Lipinski definition) is 4. The van der Waals surface area contributed by atoms with Gasteiger partial charge in [-0.05, 0) is 25.3 Å². The van der Waals surface area contributed by atoms with E-state index in [0.29, 0.717) is 30.9 Å². The maximum absolute atomic E-state index is 12.2. The summed E-state index contributed by atoms with van der Waals surface area (Å²) in [7, 11) is 0. The van der Waals surface area contributed by atoms with Gasteiger partial charge < -0.3 is 25.6 Å². The molecule has 1 aliphatic rings. The topological polar surface area (TPSA) is 101 Å². The molecule has 2 heterocycles. The number of ether oxygens (including phenoxy) is 1. The zero-order valence-electron chi connectivity index (χ0n) is 15.0. The Kier molecular flexibility index (Phi) is 7.61. The van der Waals surface area contributed by atoms with Crippen molar-refractivity contribution in [1.29, 1.82) is 0 Å². The lowest BCUT2D eigenvalue weighted by Crippen LogP contribution is -3.13. The molecule has 0 aromatic carbocycles. The normalized spacial score (nSPS) is 15.1. The van der Waals surface area contributed by atoms with Crippen molar-refractivity contribution in [3.05, 3.63) is 33.7 Å². The summed E-state index contributed by atoms with van der Waals surface area (Å²) in [5, 5.41) is 10.1. The van der Waals surface area contributed by atoms with Gasteiger partial charge in [0.2, 0.25) is 0 Å². The highest BCUT2D eigenvalue weighted by molar-refractivity contribution is 7.09. The molecule has 0 fully saturated rings. The third kappa shape index (κ3) is 5.85. The van der Waals surface area contributed by atoms with Crippen LogP contribution in [0.1, 0.15) is 18.7 Å². The number of quaternary nitrogens is 1. The average molecular weight is 381 g/mol. The molecular formula is C17H25N4O4S+. The Hall–Kier alpha value is -2.39. The highest BCUT2D eigenvalue weighted by Crippen LogP contribution is 2.07. The van der Waals surface area contributed by atoms with Gasteiger partial charge in [-0.1, -0.05) is 6.07 Å². The molecule has 1 atom stereocenters. The van der Waals surface area contributed by atoms with Crippen molar-refractivity contribution in [3.63, 3.8) is 0 Å². The molecule has 9 heteroatoms. The molecule has 0 saturated heterocycles. The molecule has 0 saturated carbocycles. The van der Waals surface area contributed by atoms with Crippen molar-refractivity contribution in [2.45, 2.75) is 20.4 Å². The second-order valence-electron chi connectivity index (χ2n) is 5.80. The average Bonchev–Trinajstić information content (AvgIpc) is 3.13. The van der Waals surface area contributed by atoms with Gasteiger partial charge in [-0.3, -0.25) is 4.79 Å². The first-order chi connectivity index (χ1) is 12.5. The summed E-state index contributed by atoms with van der Waals surface area (Å²) in [5.74, 6) is -0.526. The van der Waals surface area contributed by atoms with E-state index in [9.17, 15) is 14.4 Å². The van der Waals surface area contributed by atoms with Crippen LogP contribution < -0.4 is 20.9 Å². The molecule has 1 aromatic rings. The fraction of sp³-hybridized carbons (Fsp3) is 0.471. The Morgan fingerprint density at radius 2 is 2.19 bits per heavy atom. The van der Waals surface area contributed by atoms with Gasteiger partial charge in [0.05, 0.1) is 37.5 Å². The number of carbonyl (C=O) groups is 3. The fourth-order valence-corrected chi connectivity index (χ4v) is 3.19. The van der Waals surface area contributed by atoms with Crippen molar-refractivity contribution in [2.24, 2.45) is 0 Å². The van der Waals surface area contributed by atoms with E-state index in [1.54, 1.807) is 18.3 Å². The molecule has 26 heavy (non-hydrogen) atoms. The predicted molar refractivity (Wildman–Crippen MR) is 97.6 cm³/mol. The Balaban J connectivity index is 1.97. The first-order valence-corrected chi connectivity index (χ1v) is 9.48. The van der Waals surface area contributed by atoms with Crippen LogP contribution in [0.5, 0.6) is 0 Å². The molecule has 3 amide bonds. The SMILES string of the molecule is CCOC(=O)C1=C(C[NH+](CC)CC(=O)NCc2cccs2)NC(=O)NC1. The van der Waals surface area contributed by atoms with Crippen molar-refractivity contribution in [1.82, 2.24) is 16.0 Å². The van der Waals surface area contributed by atoms with Crippen molar-refractivity contribution < 1.29 is 24.0 Å². The first-order valence-electron chi connectivity index (χ1n) is 8.60. The summed E-state index contributed by atoms with van der Waals surface area (Å²) in [6.45, 7) is 5.87. The quantitative estimate of drug-likeness (QED) is 0.429. The Morgan fingerprint density at radius 1 is 1.38 bits per heavy atom. The number of likely N-dealkylation sites (N-methyl/N-ethyl adjacent to an activating group) is 1. The Bertz CT molecular complexity index is 672. The molecule has 0 aliphatic carbocycles. The number of nitrogens with one attached hydrogen (secondary N) is 4. The summed E-state index contributed by atoms with van der Waals surface area (Å²) in [5.41, 5.74) is 0.909. The molecule has 1 aromatic heterocycles. The molecule has 8 nitrogen and oxygen atoms in total. The highest BCUT2D eigenvalue weighted by atomic mass is 32.1. The standard InChI is InChI=1S/C17H24N4O4S/c1-3-21(11-15(22)18-8-12-6-5-7-26-12)10-14-13(16(23)25-4-2)9-19-17(24)20-14/h5-7H,3-4,8-11H2,1-2H3,(H,18,22)(H2,19,20,24)/p+1. The molecule has 1 aliphatic heterocycles. The van der Waals surface area contributed by atoms with E-state index in [4.69, 9.17) is 4.74 Å². The van der Waals surface area contributed by atoms with Crippen LogP contribution in [0.4, 0.5) is 4.79 Å². The zero-order chi connectivity index (χ0) is 18.9. The van der Waals surface area contributed by atoms with Gasteiger partial charge in [0.25, 0.3) is 5.91 Å². The third-order valence-electron chi connectivity index (χ3n) is 3.95. The summed E-state index contributed by atoms with van der Waals surface area (Å²) in [4.78, 5) is 37.9. The molecule has 0 bridgehead atoms. The number of urea groups is 1. The fourth-order valence-electron chi connectivity index (χ4n) is 2.55. The summed E-state index contributed by atoms with van der Waals surface area (Å²) >= 11 is 1.59. The maximum atomic E-state index is 12.2. The monoisotopic (exact) mass is 381 g/mol. The smallest absolute Gasteiger partial charge is 0.337 e. The Labute approximate surface area is 156 Å². The van der Waals surface area contributed by atoms with Crippen LogP contribution in [0.2, 0.25) is 0 Å². The Morgan fingerprint density at radius 3 is 2.85 bits per heavy atom. The lowest BCUT2D eigenvalue weighted by molar-refractivity contribution is -0.885. The lowest BCUT2D eigenvalue weighted by atomic mass is 10.1. The largest absolute Gasteiger partial charge is 0.463 e. The van der Waals surface area contributed by atoms with Crippen LogP contribution in [-0.4, -0.2) is 50.7 Å². The molecule has 0 spiro atoms. The minimum atomic E-state index is -0.451. The molecule has 2 rings (SSSR count). The minimum Gasteiger partial charge on any atom is -0.463 e. The van der Waals surface area contributed by atoms with Gasteiger partial charge in [0.15, 0.2) is 6.54 Å². The van der Waals surface area contributed by atoms with E-state index in [-0.39, 0.29) is 31.6 Å². The summed E-state index contributed by atoms with van der Waals surface area (Å²) < 4.78 is 5.05. The van der Waals surface area contributed by atoms with E-state index in [2.05, 4.69) is 16.0 Å². The zero-order valence-corrected chi connectivity index (χ0v) is 15.8. The van der Waals surface area contributed by atoms with Crippen LogP contribution in [0, 0.1) is 0 Å². The first kappa shape index (κ1) is 19.9. The predicted octanol–water partition coefficient (Wildman–Crippen LogP) is -0.601. The van der Waals surface area contributed by atoms with E-state index in [1.807, 2.05) is 24.4 Å². The van der Waals surface area contributed by atoms with Crippen LogP contribution >= 0.6 is 11.3 Å². The van der Waals surface area contributed by atoms with E-state index < -0.39 is 5.97 Å². The van der Waals surface area contributed by atoms with E-state index in [1.165, 1.54) is 0 Å². The number of thiophene rings is 1. The van der Waals surface area contributed by atoms with Gasteiger partial charge >= 0.3 is 12.0 Å². The number of hydrogen-bond acceptors (Lipinski definition) is 5. The van der Waals surface area contributed by atoms with Gasteiger partial charge in [0, 0.05) is 4.88 Å². The molecule has 142 valence electrons. The molecular weight excluding hydrogens is 356 g/mol. The van der Waals surface area contributed by atoms with Crippen LogP contribution in [0.3, 0.4) is 0 Å². The third-order valence-corrected chi connectivity index (χ3v) is 4.83. The van der Waals surface area contributed by atoms with E-state index in [0.717, 1.165) is 9.78 Å². The molecule has 1 unspecified atom stereocenters. The second kappa shape index (κ2) is 9.93. The van der Waals surface area contributed by atoms with Crippen LogP contribution in [0.15, 0.2) is 28.8 Å². The number of amides is 3. The minimum absolute atomic E-state index is 0.0752. The second-order valence-corrected chi connectivity index (χ2v) is 6.83. The van der Waals surface area contributed by atoms with Gasteiger partial charge in [-0.25, -0.2) is 9.59 Å². The van der Waals surface area contributed by atoms with Crippen LogP contribution in [0.25, 0.3) is 0 Å². The van der Waals surface area contributed by atoms with Crippen molar-refractivity contribution in [3.8, 4) is 0 Å². The number of carbonyl (C=O) groups excluding carboxylic acids is 3. The van der Waals surface area contributed by atoms with Gasteiger partial charge in [0.1, 0.15) is 6.54 Å². The van der Waals surface area contributed by atoms with Crippen molar-refractivity contribution >= 4 is 29.2 Å². The van der Waals surface area contributed by atoms with Gasteiger partial charge in [-0.2, -0.15) is 0 Å².